The molecule has 1 amide bonds. The van der Waals surface area contributed by atoms with Crippen LogP contribution in [-0.4, -0.2) is 25.2 Å². The first-order chi connectivity index (χ1) is 9.29. The molecule has 19 heavy (non-hydrogen) atoms. The zero-order valence-electron chi connectivity index (χ0n) is 12.3. The van der Waals surface area contributed by atoms with Crippen molar-refractivity contribution in [1.29, 1.82) is 0 Å². The molecule has 2 rings (SSSR count). The second kappa shape index (κ2) is 7.88. The predicted octanol–water partition coefficient (Wildman–Crippen LogP) is 3.28. The molecule has 3 heteroatoms. The summed E-state index contributed by atoms with van der Waals surface area (Å²) >= 11 is 0. The van der Waals surface area contributed by atoms with E-state index in [9.17, 15) is 4.79 Å². The minimum atomic E-state index is 0.263. The molecule has 0 radical (unpaired) electrons. The molecule has 1 N–H and O–H groups in total. The van der Waals surface area contributed by atoms with E-state index in [1.54, 1.807) is 0 Å². The number of carbonyl (C=O) groups excluding carboxylic acids is 1. The molecule has 0 aromatic rings. The van der Waals surface area contributed by atoms with Crippen LogP contribution >= 0.6 is 0 Å². The molecule has 1 aliphatic carbocycles. The van der Waals surface area contributed by atoms with Crippen molar-refractivity contribution in [2.24, 2.45) is 11.8 Å². The predicted molar refractivity (Wildman–Crippen MR) is 77.0 cm³/mol. The maximum atomic E-state index is 12.1. The van der Waals surface area contributed by atoms with Crippen LogP contribution in [0.25, 0.3) is 0 Å². The molecule has 0 spiro atoms. The summed E-state index contributed by atoms with van der Waals surface area (Å²) in [5, 5.41) is 3.09. The molecule has 1 unspecified atom stereocenters. The first-order valence-electron chi connectivity index (χ1n) is 8.19. The number of nitrogens with one attached hydrogen (secondary N) is 1. The van der Waals surface area contributed by atoms with E-state index in [2.05, 4.69) is 12.2 Å². The molecule has 1 saturated carbocycles. The van der Waals surface area contributed by atoms with Gasteiger partial charge in [0.05, 0.1) is 6.10 Å². The van der Waals surface area contributed by atoms with Crippen LogP contribution in [-0.2, 0) is 9.53 Å². The van der Waals surface area contributed by atoms with Gasteiger partial charge in [-0.05, 0) is 44.4 Å². The number of rotatable bonds is 6. The van der Waals surface area contributed by atoms with Gasteiger partial charge in [-0.25, -0.2) is 0 Å². The van der Waals surface area contributed by atoms with Crippen LogP contribution in [0.4, 0.5) is 0 Å². The Morgan fingerprint density at radius 3 is 2.63 bits per heavy atom. The van der Waals surface area contributed by atoms with E-state index < -0.39 is 0 Å². The molecule has 1 aliphatic heterocycles. The van der Waals surface area contributed by atoms with E-state index in [0.717, 1.165) is 38.2 Å². The molecular formula is C16H29NO2. The zero-order valence-corrected chi connectivity index (χ0v) is 12.3. The highest BCUT2D eigenvalue weighted by Gasteiger charge is 2.26. The fraction of sp³-hybridized carbons (Fsp3) is 0.938. The maximum Gasteiger partial charge on any atom is 0.223 e. The van der Waals surface area contributed by atoms with Crippen molar-refractivity contribution in [2.45, 2.75) is 70.8 Å². The SMILES string of the molecule is CCCCC1CCC(C(=O)NCC2CCCO2)CC1. The minimum absolute atomic E-state index is 0.263. The van der Waals surface area contributed by atoms with Crippen LogP contribution in [0.1, 0.15) is 64.7 Å². The minimum Gasteiger partial charge on any atom is -0.376 e. The van der Waals surface area contributed by atoms with Crippen molar-refractivity contribution >= 4 is 5.91 Å². The molecule has 1 heterocycles. The molecule has 0 aromatic carbocycles. The highest BCUT2D eigenvalue weighted by Crippen LogP contribution is 2.31. The average Bonchev–Trinajstić information content (AvgIpc) is 2.96. The number of unbranched alkanes of at least 4 members (excludes halogenated alkanes) is 1. The van der Waals surface area contributed by atoms with E-state index in [1.807, 2.05) is 0 Å². The second-order valence-electron chi connectivity index (χ2n) is 6.24. The molecule has 2 fully saturated rings. The second-order valence-corrected chi connectivity index (χ2v) is 6.24. The van der Waals surface area contributed by atoms with E-state index in [0.29, 0.717) is 6.54 Å². The molecule has 0 aromatic heterocycles. The Kier molecular flexibility index (Phi) is 6.15. The maximum absolute atomic E-state index is 12.1. The summed E-state index contributed by atoms with van der Waals surface area (Å²) in [6.45, 7) is 3.84. The lowest BCUT2D eigenvalue weighted by molar-refractivity contribution is -0.126. The summed E-state index contributed by atoms with van der Waals surface area (Å²) in [7, 11) is 0. The van der Waals surface area contributed by atoms with Crippen molar-refractivity contribution in [2.75, 3.05) is 13.2 Å². The molecule has 110 valence electrons. The van der Waals surface area contributed by atoms with Crippen LogP contribution in [0.5, 0.6) is 0 Å². The summed E-state index contributed by atoms with van der Waals surface area (Å²) in [5.41, 5.74) is 0. The number of ether oxygens (including phenoxy) is 1. The van der Waals surface area contributed by atoms with E-state index in [-0.39, 0.29) is 17.9 Å². The standard InChI is InChI=1S/C16H29NO2/c1-2-3-5-13-7-9-14(10-8-13)16(18)17-12-15-6-4-11-19-15/h13-15H,2-12H2,1H3,(H,17,18). The molecular weight excluding hydrogens is 238 g/mol. The largest absolute Gasteiger partial charge is 0.376 e. The Morgan fingerprint density at radius 2 is 2.00 bits per heavy atom. The van der Waals surface area contributed by atoms with Gasteiger partial charge in [-0.2, -0.15) is 0 Å². The third-order valence-corrected chi connectivity index (χ3v) is 4.71. The lowest BCUT2D eigenvalue weighted by Crippen LogP contribution is -2.37. The van der Waals surface area contributed by atoms with Crippen molar-refractivity contribution in [3.63, 3.8) is 0 Å². The lowest BCUT2D eigenvalue weighted by Gasteiger charge is -2.28. The Hall–Kier alpha value is -0.570. The average molecular weight is 267 g/mol. The van der Waals surface area contributed by atoms with Gasteiger partial charge in [-0.3, -0.25) is 4.79 Å². The van der Waals surface area contributed by atoms with E-state index in [1.165, 1.54) is 32.1 Å². The first kappa shape index (κ1) is 14.8. The van der Waals surface area contributed by atoms with Gasteiger partial charge in [0.25, 0.3) is 0 Å². The van der Waals surface area contributed by atoms with Gasteiger partial charge in [-0.15, -0.1) is 0 Å². The Labute approximate surface area is 117 Å². The van der Waals surface area contributed by atoms with E-state index in [4.69, 9.17) is 4.74 Å². The quantitative estimate of drug-likeness (QED) is 0.802. The Balaban J connectivity index is 1.61. The molecule has 3 nitrogen and oxygen atoms in total. The number of amides is 1. The number of hydrogen-bond donors (Lipinski definition) is 1. The molecule has 0 bridgehead atoms. The zero-order chi connectivity index (χ0) is 13.5. The first-order valence-corrected chi connectivity index (χ1v) is 8.19. The Bertz CT molecular complexity index is 266. The summed E-state index contributed by atoms with van der Waals surface area (Å²) in [5.74, 6) is 1.41. The van der Waals surface area contributed by atoms with Gasteiger partial charge < -0.3 is 10.1 Å². The fourth-order valence-corrected chi connectivity index (χ4v) is 3.37. The van der Waals surface area contributed by atoms with Gasteiger partial charge in [0.15, 0.2) is 0 Å². The van der Waals surface area contributed by atoms with Crippen LogP contribution in [0.15, 0.2) is 0 Å². The topological polar surface area (TPSA) is 38.3 Å². The van der Waals surface area contributed by atoms with Gasteiger partial charge in [-0.1, -0.05) is 26.2 Å². The fourth-order valence-electron chi connectivity index (χ4n) is 3.37. The van der Waals surface area contributed by atoms with Gasteiger partial charge >= 0.3 is 0 Å². The van der Waals surface area contributed by atoms with Crippen LogP contribution in [0, 0.1) is 11.8 Å². The number of hydrogen-bond acceptors (Lipinski definition) is 2. The van der Waals surface area contributed by atoms with Gasteiger partial charge in [0, 0.05) is 19.1 Å². The normalized spacial score (nSPS) is 31.3. The monoisotopic (exact) mass is 267 g/mol. The van der Waals surface area contributed by atoms with Crippen LogP contribution in [0.2, 0.25) is 0 Å². The molecule has 2 aliphatic rings. The van der Waals surface area contributed by atoms with E-state index >= 15 is 0 Å². The van der Waals surface area contributed by atoms with Crippen molar-refractivity contribution in [3.8, 4) is 0 Å². The molecule has 1 atom stereocenters. The van der Waals surface area contributed by atoms with Crippen molar-refractivity contribution in [1.82, 2.24) is 5.32 Å². The summed E-state index contributed by atoms with van der Waals surface area (Å²) in [6.07, 6.45) is 11.2. The highest BCUT2D eigenvalue weighted by molar-refractivity contribution is 5.78. The summed E-state index contributed by atoms with van der Waals surface area (Å²) in [6, 6.07) is 0. The lowest BCUT2D eigenvalue weighted by atomic mass is 9.79. The van der Waals surface area contributed by atoms with Gasteiger partial charge in [0.2, 0.25) is 5.91 Å². The Morgan fingerprint density at radius 1 is 1.21 bits per heavy atom. The number of carbonyl (C=O) groups is 1. The highest BCUT2D eigenvalue weighted by atomic mass is 16.5. The van der Waals surface area contributed by atoms with Gasteiger partial charge in [0.1, 0.15) is 0 Å². The van der Waals surface area contributed by atoms with Crippen LogP contribution in [0.3, 0.4) is 0 Å². The van der Waals surface area contributed by atoms with Crippen molar-refractivity contribution in [3.05, 3.63) is 0 Å². The summed E-state index contributed by atoms with van der Waals surface area (Å²) < 4.78 is 5.54. The van der Waals surface area contributed by atoms with Crippen molar-refractivity contribution < 1.29 is 9.53 Å². The smallest absolute Gasteiger partial charge is 0.223 e. The summed E-state index contributed by atoms with van der Waals surface area (Å²) in [4.78, 5) is 12.1. The van der Waals surface area contributed by atoms with Crippen LogP contribution < -0.4 is 5.32 Å². The molecule has 1 saturated heterocycles. The third kappa shape index (κ3) is 4.79. The third-order valence-electron chi connectivity index (χ3n) is 4.71.